The summed E-state index contributed by atoms with van der Waals surface area (Å²) in [6.07, 6.45) is 0.861. The number of rotatable bonds is 7. The molecular formula is C22H24N2O2S. The lowest BCUT2D eigenvalue weighted by Crippen LogP contribution is -2.10. The van der Waals surface area contributed by atoms with Crippen LogP contribution >= 0.6 is 11.3 Å². The summed E-state index contributed by atoms with van der Waals surface area (Å²) in [7, 11) is 0. The van der Waals surface area contributed by atoms with E-state index >= 15 is 0 Å². The van der Waals surface area contributed by atoms with Gasteiger partial charge in [0.15, 0.2) is 0 Å². The molecule has 0 saturated heterocycles. The maximum atomic E-state index is 11.1. The van der Waals surface area contributed by atoms with Crippen molar-refractivity contribution >= 4 is 17.2 Å². The molecule has 1 heterocycles. The van der Waals surface area contributed by atoms with Gasteiger partial charge in [0, 0.05) is 11.1 Å². The third-order valence-corrected chi connectivity index (χ3v) is 5.57. The molecule has 2 N–H and O–H groups in total. The van der Waals surface area contributed by atoms with E-state index in [2.05, 4.69) is 45.0 Å². The summed E-state index contributed by atoms with van der Waals surface area (Å²) in [5.41, 5.74) is 9.27. The summed E-state index contributed by atoms with van der Waals surface area (Å²) in [5.74, 6) is 0.787. The van der Waals surface area contributed by atoms with Crippen LogP contribution in [0.25, 0.3) is 10.6 Å². The standard InChI is InChI=1S/C22H24N2O2S/c1-4-19-20(13-26-18-11-9-16(10-12-18)21(23)25)27-22(24-19)17-7-5-15(6-8-17)14(2)3/h5-12,14H,4,13H2,1-3H3,(H2,23,25). The van der Waals surface area contributed by atoms with Crippen molar-refractivity contribution < 1.29 is 9.53 Å². The first-order valence-electron chi connectivity index (χ1n) is 9.09. The zero-order valence-corrected chi connectivity index (χ0v) is 16.7. The van der Waals surface area contributed by atoms with Gasteiger partial charge in [-0.25, -0.2) is 4.98 Å². The first-order valence-corrected chi connectivity index (χ1v) is 9.91. The number of primary amides is 1. The lowest BCUT2D eigenvalue weighted by Gasteiger charge is -2.06. The Morgan fingerprint density at radius 2 is 1.78 bits per heavy atom. The van der Waals surface area contributed by atoms with Gasteiger partial charge in [-0.15, -0.1) is 11.3 Å². The van der Waals surface area contributed by atoms with E-state index in [0.29, 0.717) is 23.8 Å². The van der Waals surface area contributed by atoms with Gasteiger partial charge in [-0.2, -0.15) is 0 Å². The molecule has 0 radical (unpaired) electrons. The first kappa shape index (κ1) is 19.1. The van der Waals surface area contributed by atoms with E-state index in [1.54, 1.807) is 35.6 Å². The summed E-state index contributed by atoms with van der Waals surface area (Å²) < 4.78 is 5.89. The van der Waals surface area contributed by atoms with Crippen LogP contribution in [0.1, 0.15) is 53.2 Å². The smallest absolute Gasteiger partial charge is 0.248 e. The van der Waals surface area contributed by atoms with Gasteiger partial charge in [-0.1, -0.05) is 45.0 Å². The number of carbonyl (C=O) groups excluding carboxylic acids is 1. The van der Waals surface area contributed by atoms with Gasteiger partial charge in [0.25, 0.3) is 0 Å². The Balaban J connectivity index is 1.75. The average Bonchev–Trinajstić information content (AvgIpc) is 3.10. The van der Waals surface area contributed by atoms with Crippen LogP contribution in [0.15, 0.2) is 48.5 Å². The van der Waals surface area contributed by atoms with Crippen molar-refractivity contribution in [3.8, 4) is 16.3 Å². The van der Waals surface area contributed by atoms with Gasteiger partial charge in [0.05, 0.1) is 10.6 Å². The molecule has 0 aliphatic carbocycles. The summed E-state index contributed by atoms with van der Waals surface area (Å²) in [6.45, 7) is 6.95. The number of aryl methyl sites for hydroxylation is 1. The molecule has 4 nitrogen and oxygen atoms in total. The van der Waals surface area contributed by atoms with E-state index < -0.39 is 5.91 Å². The SMILES string of the molecule is CCc1nc(-c2ccc(C(C)C)cc2)sc1COc1ccc(C(N)=O)cc1. The molecule has 1 aromatic heterocycles. The molecule has 0 fully saturated rings. The van der Waals surface area contributed by atoms with E-state index in [-0.39, 0.29) is 0 Å². The second-order valence-electron chi connectivity index (χ2n) is 6.70. The number of carbonyl (C=O) groups is 1. The number of thiazole rings is 1. The molecule has 0 bridgehead atoms. The molecule has 0 saturated carbocycles. The van der Waals surface area contributed by atoms with Crippen LogP contribution in [0, 0.1) is 0 Å². The lowest BCUT2D eigenvalue weighted by atomic mass is 10.0. The summed E-state index contributed by atoms with van der Waals surface area (Å²) in [5, 5.41) is 1.02. The van der Waals surface area contributed by atoms with Crippen LogP contribution in [0.2, 0.25) is 0 Å². The van der Waals surface area contributed by atoms with Crippen LogP contribution < -0.4 is 10.5 Å². The molecule has 5 heteroatoms. The maximum absolute atomic E-state index is 11.1. The largest absolute Gasteiger partial charge is 0.488 e. The second kappa shape index (κ2) is 8.35. The fourth-order valence-electron chi connectivity index (χ4n) is 2.77. The second-order valence-corrected chi connectivity index (χ2v) is 7.78. The van der Waals surface area contributed by atoms with Crippen molar-refractivity contribution in [2.45, 2.75) is 39.7 Å². The minimum atomic E-state index is -0.439. The van der Waals surface area contributed by atoms with Crippen LogP contribution in [0.4, 0.5) is 0 Å². The highest BCUT2D eigenvalue weighted by atomic mass is 32.1. The molecule has 0 atom stereocenters. The minimum absolute atomic E-state index is 0.439. The molecule has 1 amide bonds. The molecule has 0 unspecified atom stereocenters. The third kappa shape index (κ3) is 4.55. The average molecular weight is 381 g/mol. The van der Waals surface area contributed by atoms with Crippen LogP contribution in [0.5, 0.6) is 5.75 Å². The van der Waals surface area contributed by atoms with Crippen molar-refractivity contribution in [2.75, 3.05) is 0 Å². The zero-order chi connectivity index (χ0) is 19.4. The van der Waals surface area contributed by atoms with Gasteiger partial charge in [-0.05, 0) is 42.2 Å². The quantitative estimate of drug-likeness (QED) is 0.615. The Morgan fingerprint density at radius 1 is 1.11 bits per heavy atom. The van der Waals surface area contributed by atoms with Crippen molar-refractivity contribution in [3.63, 3.8) is 0 Å². The zero-order valence-electron chi connectivity index (χ0n) is 15.9. The number of nitrogens with two attached hydrogens (primary N) is 1. The number of hydrogen-bond acceptors (Lipinski definition) is 4. The fraction of sp³-hybridized carbons (Fsp3) is 0.273. The summed E-state index contributed by atoms with van der Waals surface area (Å²) in [4.78, 5) is 17.1. The molecule has 3 rings (SSSR count). The van der Waals surface area contributed by atoms with Crippen LogP contribution in [0.3, 0.4) is 0 Å². The summed E-state index contributed by atoms with van der Waals surface area (Å²) in [6, 6.07) is 15.5. The number of aromatic nitrogens is 1. The first-order chi connectivity index (χ1) is 13.0. The van der Waals surface area contributed by atoms with E-state index in [9.17, 15) is 4.79 Å². The Kier molecular flexibility index (Phi) is 5.91. The predicted molar refractivity (Wildman–Crippen MR) is 110 cm³/mol. The van der Waals surface area contributed by atoms with Gasteiger partial charge in [-0.3, -0.25) is 4.79 Å². The Labute approximate surface area is 164 Å². The topological polar surface area (TPSA) is 65.2 Å². The maximum Gasteiger partial charge on any atom is 0.248 e. The number of benzene rings is 2. The molecule has 27 heavy (non-hydrogen) atoms. The Morgan fingerprint density at radius 3 is 2.33 bits per heavy atom. The van der Waals surface area contributed by atoms with Crippen LogP contribution in [-0.4, -0.2) is 10.9 Å². The van der Waals surface area contributed by atoms with Gasteiger partial charge in [0.2, 0.25) is 5.91 Å². The van der Waals surface area contributed by atoms with Crippen molar-refractivity contribution in [1.82, 2.24) is 4.98 Å². The number of hydrogen-bond donors (Lipinski definition) is 1. The normalized spacial score (nSPS) is 11.0. The number of amides is 1. The highest BCUT2D eigenvalue weighted by Crippen LogP contribution is 2.30. The number of ether oxygens (including phenoxy) is 1. The fourth-order valence-corrected chi connectivity index (χ4v) is 3.84. The van der Waals surface area contributed by atoms with Gasteiger partial charge < -0.3 is 10.5 Å². The van der Waals surface area contributed by atoms with Gasteiger partial charge >= 0.3 is 0 Å². The van der Waals surface area contributed by atoms with E-state index in [4.69, 9.17) is 15.5 Å². The molecule has 140 valence electrons. The molecule has 0 spiro atoms. The van der Waals surface area contributed by atoms with Crippen molar-refractivity contribution in [3.05, 3.63) is 70.2 Å². The monoisotopic (exact) mass is 380 g/mol. The molecule has 0 aliphatic heterocycles. The van der Waals surface area contributed by atoms with Crippen LogP contribution in [-0.2, 0) is 13.0 Å². The van der Waals surface area contributed by atoms with Crippen molar-refractivity contribution in [1.29, 1.82) is 0 Å². The number of nitrogens with zero attached hydrogens (tertiary/aromatic N) is 1. The minimum Gasteiger partial charge on any atom is -0.488 e. The molecule has 3 aromatic rings. The molecular weight excluding hydrogens is 356 g/mol. The van der Waals surface area contributed by atoms with E-state index in [0.717, 1.165) is 27.6 Å². The summed E-state index contributed by atoms with van der Waals surface area (Å²) >= 11 is 1.67. The van der Waals surface area contributed by atoms with Crippen molar-refractivity contribution in [2.24, 2.45) is 5.73 Å². The van der Waals surface area contributed by atoms with Gasteiger partial charge in [0.1, 0.15) is 17.4 Å². The van der Waals surface area contributed by atoms with E-state index in [1.807, 2.05) is 0 Å². The third-order valence-electron chi connectivity index (χ3n) is 4.45. The Hall–Kier alpha value is -2.66. The highest BCUT2D eigenvalue weighted by Gasteiger charge is 2.13. The Bertz CT molecular complexity index is 912. The van der Waals surface area contributed by atoms with E-state index in [1.165, 1.54) is 5.56 Å². The molecule has 2 aromatic carbocycles. The predicted octanol–water partition coefficient (Wildman–Crippen LogP) is 5.17. The molecule has 0 aliphatic rings. The lowest BCUT2D eigenvalue weighted by molar-refractivity contribution is 0.1000. The highest BCUT2D eigenvalue weighted by molar-refractivity contribution is 7.15.